The standard InChI is InChI=1S/C19H34O2Si/c1-8-9-10-11-12-13-14-18(20)16-15-17(2)21-22(6,7)19(3,4)5/h8-11,15-17H,12-14H2,1-7H3/b9-8+,11-10+,16-15-. The Morgan fingerprint density at radius 2 is 1.86 bits per heavy atom. The smallest absolute Gasteiger partial charge is 0.192 e. The van der Waals surface area contributed by atoms with Crippen molar-refractivity contribution in [2.75, 3.05) is 0 Å². The molecule has 0 aliphatic heterocycles. The van der Waals surface area contributed by atoms with E-state index in [0.717, 1.165) is 12.8 Å². The molecule has 0 heterocycles. The van der Waals surface area contributed by atoms with Crippen molar-refractivity contribution in [3.8, 4) is 0 Å². The Morgan fingerprint density at radius 3 is 2.41 bits per heavy atom. The molecule has 0 rings (SSSR count). The molecule has 0 aliphatic rings. The highest BCUT2D eigenvalue weighted by Crippen LogP contribution is 2.37. The summed E-state index contributed by atoms with van der Waals surface area (Å²) >= 11 is 0. The van der Waals surface area contributed by atoms with Gasteiger partial charge in [0, 0.05) is 6.42 Å². The normalized spacial score (nSPS) is 15.2. The number of carbonyl (C=O) groups is 1. The van der Waals surface area contributed by atoms with Gasteiger partial charge in [-0.25, -0.2) is 0 Å². The van der Waals surface area contributed by atoms with Crippen LogP contribution in [0.4, 0.5) is 0 Å². The predicted molar refractivity (Wildman–Crippen MR) is 99.7 cm³/mol. The second-order valence-electron chi connectivity index (χ2n) is 7.25. The van der Waals surface area contributed by atoms with Crippen molar-refractivity contribution in [2.45, 2.75) is 78.1 Å². The van der Waals surface area contributed by atoms with Crippen molar-refractivity contribution in [3.05, 3.63) is 36.5 Å². The summed E-state index contributed by atoms with van der Waals surface area (Å²) in [6.45, 7) is 15.1. The highest BCUT2D eigenvalue weighted by Gasteiger charge is 2.37. The summed E-state index contributed by atoms with van der Waals surface area (Å²) in [5.74, 6) is 0.185. The molecular formula is C19H34O2Si. The molecule has 3 heteroatoms. The first-order valence-electron chi connectivity index (χ1n) is 8.27. The Kier molecular flexibility index (Phi) is 9.54. The molecule has 1 atom stereocenters. The number of hydrogen-bond donors (Lipinski definition) is 0. The lowest BCUT2D eigenvalue weighted by Crippen LogP contribution is -2.42. The Bertz CT molecular complexity index is 412. The lowest BCUT2D eigenvalue weighted by molar-refractivity contribution is -0.114. The van der Waals surface area contributed by atoms with Crippen LogP contribution in [0.3, 0.4) is 0 Å². The quantitative estimate of drug-likeness (QED) is 0.231. The molecule has 2 nitrogen and oxygen atoms in total. The number of unbranched alkanes of at least 4 members (excludes halogenated alkanes) is 1. The second-order valence-corrected chi connectivity index (χ2v) is 12.0. The van der Waals surface area contributed by atoms with Gasteiger partial charge in [0.2, 0.25) is 0 Å². The van der Waals surface area contributed by atoms with Crippen molar-refractivity contribution in [3.63, 3.8) is 0 Å². The molecule has 0 N–H and O–H groups in total. The Hall–Kier alpha value is -0.933. The fraction of sp³-hybridized carbons (Fsp3) is 0.632. The van der Waals surface area contributed by atoms with E-state index < -0.39 is 8.32 Å². The highest BCUT2D eigenvalue weighted by atomic mass is 28.4. The zero-order chi connectivity index (χ0) is 17.2. The zero-order valence-electron chi connectivity index (χ0n) is 15.5. The largest absolute Gasteiger partial charge is 0.411 e. The summed E-state index contributed by atoms with van der Waals surface area (Å²) in [5, 5.41) is 0.193. The molecular weight excluding hydrogens is 288 g/mol. The summed E-state index contributed by atoms with van der Waals surface area (Å²) < 4.78 is 6.20. The van der Waals surface area contributed by atoms with E-state index in [4.69, 9.17) is 4.43 Å². The summed E-state index contributed by atoms with van der Waals surface area (Å²) in [4.78, 5) is 11.8. The van der Waals surface area contributed by atoms with E-state index in [1.165, 1.54) is 0 Å². The van der Waals surface area contributed by atoms with Crippen LogP contribution < -0.4 is 0 Å². The van der Waals surface area contributed by atoms with E-state index in [1.807, 2.05) is 38.2 Å². The van der Waals surface area contributed by atoms with Gasteiger partial charge in [0.15, 0.2) is 14.1 Å². The van der Waals surface area contributed by atoms with Crippen LogP contribution in [-0.2, 0) is 9.22 Å². The van der Waals surface area contributed by atoms with Gasteiger partial charge < -0.3 is 4.43 Å². The third-order valence-electron chi connectivity index (χ3n) is 4.07. The van der Waals surface area contributed by atoms with Gasteiger partial charge in [-0.2, -0.15) is 0 Å². The minimum atomic E-state index is -1.76. The maximum absolute atomic E-state index is 11.8. The molecule has 0 aromatic rings. The van der Waals surface area contributed by atoms with Crippen LogP contribution in [0, 0.1) is 0 Å². The Morgan fingerprint density at radius 1 is 1.23 bits per heavy atom. The molecule has 1 unspecified atom stereocenters. The summed E-state index contributed by atoms with van der Waals surface area (Å²) in [6, 6.07) is 0. The number of rotatable bonds is 9. The van der Waals surface area contributed by atoms with Crippen molar-refractivity contribution >= 4 is 14.1 Å². The summed E-state index contributed by atoms with van der Waals surface area (Å²) in [7, 11) is -1.76. The highest BCUT2D eigenvalue weighted by molar-refractivity contribution is 6.74. The molecule has 22 heavy (non-hydrogen) atoms. The van der Waals surface area contributed by atoms with Gasteiger partial charge in [-0.15, -0.1) is 0 Å². The Balaban J connectivity index is 4.17. The van der Waals surface area contributed by atoms with E-state index in [1.54, 1.807) is 6.08 Å². The van der Waals surface area contributed by atoms with Crippen LogP contribution in [0.15, 0.2) is 36.5 Å². The molecule has 0 aromatic carbocycles. The van der Waals surface area contributed by atoms with Crippen molar-refractivity contribution < 1.29 is 9.22 Å². The van der Waals surface area contributed by atoms with Gasteiger partial charge in [0.1, 0.15) is 0 Å². The van der Waals surface area contributed by atoms with Gasteiger partial charge in [0.05, 0.1) is 6.10 Å². The van der Waals surface area contributed by atoms with Crippen LogP contribution >= 0.6 is 0 Å². The third-order valence-corrected chi connectivity index (χ3v) is 8.65. The molecule has 0 aromatic heterocycles. The fourth-order valence-electron chi connectivity index (χ4n) is 1.69. The monoisotopic (exact) mass is 322 g/mol. The van der Waals surface area contributed by atoms with Crippen LogP contribution in [-0.4, -0.2) is 20.2 Å². The molecule has 0 radical (unpaired) electrons. The first-order valence-corrected chi connectivity index (χ1v) is 11.2. The van der Waals surface area contributed by atoms with Gasteiger partial charge >= 0.3 is 0 Å². The number of hydrogen-bond acceptors (Lipinski definition) is 2. The van der Waals surface area contributed by atoms with Crippen LogP contribution in [0.25, 0.3) is 0 Å². The molecule has 0 saturated heterocycles. The van der Waals surface area contributed by atoms with Crippen LogP contribution in [0.2, 0.25) is 18.1 Å². The number of carbonyl (C=O) groups excluding carboxylic acids is 1. The zero-order valence-corrected chi connectivity index (χ0v) is 16.5. The van der Waals surface area contributed by atoms with Crippen molar-refractivity contribution in [1.29, 1.82) is 0 Å². The third kappa shape index (κ3) is 9.16. The second kappa shape index (κ2) is 9.96. The maximum atomic E-state index is 11.8. The first-order chi connectivity index (χ1) is 10.1. The lowest BCUT2D eigenvalue weighted by Gasteiger charge is -2.37. The molecule has 0 aliphatic carbocycles. The van der Waals surface area contributed by atoms with E-state index >= 15 is 0 Å². The minimum absolute atomic E-state index is 0.000529. The Labute approximate surface area is 138 Å². The molecule has 0 amide bonds. The SMILES string of the molecule is C/C=C/C=C/CCCC(=O)/C=C\C(C)O[Si](C)(C)C(C)(C)C. The lowest BCUT2D eigenvalue weighted by atomic mass is 10.1. The minimum Gasteiger partial charge on any atom is -0.411 e. The predicted octanol–water partition coefficient (Wildman–Crippen LogP) is 5.82. The van der Waals surface area contributed by atoms with Crippen LogP contribution in [0.5, 0.6) is 0 Å². The molecule has 0 fully saturated rings. The van der Waals surface area contributed by atoms with Crippen LogP contribution in [0.1, 0.15) is 53.9 Å². The first kappa shape index (κ1) is 21.1. The van der Waals surface area contributed by atoms with Crippen molar-refractivity contribution in [2.24, 2.45) is 0 Å². The number of allylic oxidation sites excluding steroid dienone is 5. The van der Waals surface area contributed by atoms with E-state index in [2.05, 4.69) is 39.9 Å². The maximum Gasteiger partial charge on any atom is 0.192 e. The van der Waals surface area contributed by atoms with Gasteiger partial charge in [0.25, 0.3) is 0 Å². The molecule has 126 valence electrons. The average Bonchev–Trinajstić information content (AvgIpc) is 2.38. The van der Waals surface area contributed by atoms with E-state index in [9.17, 15) is 4.79 Å². The number of ketones is 1. The molecule has 0 saturated carbocycles. The van der Waals surface area contributed by atoms with E-state index in [0.29, 0.717) is 6.42 Å². The van der Waals surface area contributed by atoms with Gasteiger partial charge in [-0.05, 0) is 50.9 Å². The molecule has 0 bridgehead atoms. The van der Waals surface area contributed by atoms with Gasteiger partial charge in [-0.3, -0.25) is 4.79 Å². The topological polar surface area (TPSA) is 26.3 Å². The average molecular weight is 323 g/mol. The molecule has 0 spiro atoms. The fourth-order valence-corrected chi connectivity index (χ4v) is 3.05. The van der Waals surface area contributed by atoms with Crippen molar-refractivity contribution in [1.82, 2.24) is 0 Å². The van der Waals surface area contributed by atoms with Gasteiger partial charge in [-0.1, -0.05) is 51.2 Å². The summed E-state index contributed by atoms with van der Waals surface area (Å²) in [5.41, 5.74) is 0. The summed E-state index contributed by atoms with van der Waals surface area (Å²) in [6.07, 6.45) is 14.1. The van der Waals surface area contributed by atoms with E-state index in [-0.39, 0.29) is 16.9 Å².